The van der Waals surface area contributed by atoms with Crippen molar-refractivity contribution in [2.45, 2.75) is 38.5 Å². The predicted octanol–water partition coefficient (Wildman–Crippen LogP) is 1.64. The van der Waals surface area contributed by atoms with Crippen LogP contribution in [-0.2, 0) is 6.42 Å². The van der Waals surface area contributed by atoms with E-state index in [2.05, 4.69) is 25.2 Å². The summed E-state index contributed by atoms with van der Waals surface area (Å²) in [6.45, 7) is 4.21. The summed E-state index contributed by atoms with van der Waals surface area (Å²) in [6, 6.07) is 8.74. The average molecular weight is 191 g/mol. The van der Waals surface area contributed by atoms with Gasteiger partial charge in [0.15, 0.2) is 0 Å². The molecule has 0 spiro atoms. The van der Waals surface area contributed by atoms with Gasteiger partial charge in [-0.3, -0.25) is 0 Å². The van der Waals surface area contributed by atoms with Gasteiger partial charge in [0, 0.05) is 12.1 Å². The van der Waals surface area contributed by atoms with E-state index in [-0.39, 0.29) is 12.1 Å². The largest absolute Gasteiger partial charge is 0.387 e. The first kappa shape index (κ1) is 9.69. The molecule has 0 radical (unpaired) electrons. The van der Waals surface area contributed by atoms with Crippen LogP contribution in [0.2, 0.25) is 0 Å². The van der Waals surface area contributed by atoms with E-state index in [0.29, 0.717) is 6.04 Å². The van der Waals surface area contributed by atoms with E-state index in [4.69, 9.17) is 0 Å². The molecule has 2 atom stereocenters. The molecule has 1 aromatic carbocycles. The van der Waals surface area contributed by atoms with E-state index in [1.165, 1.54) is 5.56 Å². The Bertz CT molecular complexity index is 322. The molecule has 0 aromatic heterocycles. The topological polar surface area (TPSA) is 32.3 Å². The van der Waals surface area contributed by atoms with E-state index in [1.807, 2.05) is 18.2 Å². The molecule has 0 saturated carbocycles. The summed E-state index contributed by atoms with van der Waals surface area (Å²) in [5.41, 5.74) is 2.36. The van der Waals surface area contributed by atoms with Gasteiger partial charge in [0.25, 0.3) is 0 Å². The summed E-state index contributed by atoms with van der Waals surface area (Å²) in [6.07, 6.45) is 0.601. The van der Waals surface area contributed by atoms with Crippen molar-refractivity contribution in [3.63, 3.8) is 0 Å². The monoisotopic (exact) mass is 191 g/mol. The molecule has 0 amide bonds. The molecule has 2 rings (SSSR count). The molecular formula is C12H17NO. The molecule has 0 heterocycles. The normalized spacial score (nSPS) is 25.4. The van der Waals surface area contributed by atoms with Crippen molar-refractivity contribution in [1.82, 2.24) is 5.32 Å². The molecule has 1 aromatic rings. The molecule has 14 heavy (non-hydrogen) atoms. The second kappa shape index (κ2) is 3.71. The second-order valence-electron chi connectivity index (χ2n) is 4.28. The Hall–Kier alpha value is -0.860. The number of aliphatic hydroxyl groups is 1. The maximum absolute atomic E-state index is 10.0. The maximum Gasteiger partial charge on any atom is 0.0948 e. The summed E-state index contributed by atoms with van der Waals surface area (Å²) < 4.78 is 0. The molecule has 1 aliphatic rings. The Kier molecular flexibility index (Phi) is 2.57. The summed E-state index contributed by atoms with van der Waals surface area (Å²) in [5.74, 6) is 0. The highest BCUT2D eigenvalue weighted by molar-refractivity contribution is 5.35. The number of aliphatic hydroxyl groups excluding tert-OH is 1. The van der Waals surface area contributed by atoms with Gasteiger partial charge in [0.2, 0.25) is 0 Å². The molecule has 0 unspecified atom stereocenters. The first-order chi connectivity index (χ1) is 6.68. The van der Waals surface area contributed by atoms with Crippen LogP contribution in [0.5, 0.6) is 0 Å². The Morgan fingerprint density at radius 2 is 2.07 bits per heavy atom. The molecule has 1 aliphatic carbocycles. The van der Waals surface area contributed by atoms with E-state index >= 15 is 0 Å². The Morgan fingerprint density at radius 1 is 1.36 bits per heavy atom. The number of hydrogen-bond donors (Lipinski definition) is 2. The van der Waals surface area contributed by atoms with Gasteiger partial charge in [-0.25, -0.2) is 0 Å². The minimum Gasteiger partial charge on any atom is -0.387 e. The molecule has 76 valence electrons. The van der Waals surface area contributed by atoms with Gasteiger partial charge in [-0.05, 0) is 17.5 Å². The zero-order valence-electron chi connectivity index (χ0n) is 8.70. The van der Waals surface area contributed by atoms with E-state index in [9.17, 15) is 5.11 Å². The summed E-state index contributed by atoms with van der Waals surface area (Å²) >= 11 is 0. The van der Waals surface area contributed by atoms with Crippen LogP contribution in [0.4, 0.5) is 0 Å². The Balaban J connectivity index is 2.17. The highest BCUT2D eigenvalue weighted by Crippen LogP contribution is 2.31. The maximum atomic E-state index is 10.0. The number of benzene rings is 1. The molecule has 2 heteroatoms. The summed E-state index contributed by atoms with van der Waals surface area (Å²) in [5, 5.41) is 13.4. The summed E-state index contributed by atoms with van der Waals surface area (Å²) in [4.78, 5) is 0. The third-order valence-corrected chi connectivity index (χ3v) is 2.74. The van der Waals surface area contributed by atoms with Crippen LogP contribution in [0.3, 0.4) is 0 Å². The molecule has 2 N–H and O–H groups in total. The quantitative estimate of drug-likeness (QED) is 0.745. The minimum atomic E-state index is -0.339. The third-order valence-electron chi connectivity index (χ3n) is 2.74. The molecule has 2 nitrogen and oxygen atoms in total. The molecule has 0 fully saturated rings. The smallest absolute Gasteiger partial charge is 0.0948 e. The fourth-order valence-electron chi connectivity index (χ4n) is 2.15. The van der Waals surface area contributed by atoms with E-state index < -0.39 is 0 Å². The van der Waals surface area contributed by atoms with Gasteiger partial charge in [-0.15, -0.1) is 0 Å². The summed E-state index contributed by atoms with van der Waals surface area (Å²) in [7, 11) is 0. The van der Waals surface area contributed by atoms with Gasteiger partial charge in [0.1, 0.15) is 0 Å². The van der Waals surface area contributed by atoms with Crippen LogP contribution < -0.4 is 5.32 Å². The number of hydrogen-bond acceptors (Lipinski definition) is 2. The van der Waals surface area contributed by atoms with Crippen molar-refractivity contribution in [1.29, 1.82) is 0 Å². The number of rotatable bonds is 2. The van der Waals surface area contributed by atoms with Gasteiger partial charge in [-0.1, -0.05) is 38.1 Å². The lowest BCUT2D eigenvalue weighted by atomic mass is 10.1. The number of nitrogens with one attached hydrogen (secondary N) is 1. The van der Waals surface area contributed by atoms with E-state index in [1.54, 1.807) is 0 Å². The lowest BCUT2D eigenvalue weighted by Crippen LogP contribution is -2.37. The predicted molar refractivity (Wildman–Crippen MR) is 57.2 cm³/mol. The van der Waals surface area contributed by atoms with Crippen LogP contribution in [0.1, 0.15) is 31.1 Å². The molecule has 0 aliphatic heterocycles. The van der Waals surface area contributed by atoms with Crippen LogP contribution in [0.15, 0.2) is 24.3 Å². The van der Waals surface area contributed by atoms with Gasteiger partial charge >= 0.3 is 0 Å². The van der Waals surface area contributed by atoms with Gasteiger partial charge in [0.05, 0.1) is 6.10 Å². The van der Waals surface area contributed by atoms with Crippen LogP contribution in [-0.4, -0.2) is 17.2 Å². The number of fused-ring (bicyclic) bond motifs is 1. The SMILES string of the molecule is CC(C)N[C@@H]1Cc2ccccc2[C@@H]1O. The lowest BCUT2D eigenvalue weighted by molar-refractivity contribution is 0.137. The van der Waals surface area contributed by atoms with Gasteiger partial charge in [-0.2, -0.15) is 0 Å². The van der Waals surface area contributed by atoms with Crippen molar-refractivity contribution in [3.05, 3.63) is 35.4 Å². The van der Waals surface area contributed by atoms with Crippen molar-refractivity contribution in [2.75, 3.05) is 0 Å². The highest BCUT2D eigenvalue weighted by Gasteiger charge is 2.30. The average Bonchev–Trinajstić information content (AvgIpc) is 2.44. The highest BCUT2D eigenvalue weighted by atomic mass is 16.3. The molecule has 0 bridgehead atoms. The fourth-order valence-corrected chi connectivity index (χ4v) is 2.15. The Morgan fingerprint density at radius 3 is 2.71 bits per heavy atom. The van der Waals surface area contributed by atoms with Crippen LogP contribution >= 0.6 is 0 Å². The zero-order valence-corrected chi connectivity index (χ0v) is 8.70. The van der Waals surface area contributed by atoms with Crippen molar-refractivity contribution in [2.24, 2.45) is 0 Å². The van der Waals surface area contributed by atoms with Crippen molar-refractivity contribution in [3.8, 4) is 0 Å². The first-order valence-electron chi connectivity index (χ1n) is 5.20. The lowest BCUT2D eigenvalue weighted by Gasteiger charge is -2.19. The van der Waals surface area contributed by atoms with Gasteiger partial charge < -0.3 is 10.4 Å². The Labute approximate surface area is 85.0 Å². The minimum absolute atomic E-state index is 0.187. The van der Waals surface area contributed by atoms with Crippen molar-refractivity contribution >= 4 is 0 Å². The van der Waals surface area contributed by atoms with Crippen LogP contribution in [0, 0.1) is 0 Å². The zero-order chi connectivity index (χ0) is 10.1. The van der Waals surface area contributed by atoms with Crippen molar-refractivity contribution < 1.29 is 5.11 Å². The molecule has 0 saturated heterocycles. The molecular weight excluding hydrogens is 174 g/mol. The standard InChI is InChI=1S/C12H17NO/c1-8(2)13-11-7-9-5-3-4-6-10(9)12(11)14/h3-6,8,11-14H,7H2,1-2H3/t11-,12+/m1/s1. The fraction of sp³-hybridized carbons (Fsp3) is 0.500. The van der Waals surface area contributed by atoms with E-state index in [0.717, 1.165) is 12.0 Å². The second-order valence-corrected chi connectivity index (χ2v) is 4.28. The first-order valence-corrected chi connectivity index (χ1v) is 5.20. The van der Waals surface area contributed by atoms with Crippen LogP contribution in [0.25, 0.3) is 0 Å². The third kappa shape index (κ3) is 1.68.